The Morgan fingerprint density at radius 1 is 0.929 bits per heavy atom. The molecule has 0 unspecified atom stereocenters. The molecular weight excluding hydrogens is 372 g/mol. The molecule has 0 saturated heterocycles. The Morgan fingerprint density at radius 3 is 2.43 bits per heavy atom. The molecule has 0 aliphatic carbocycles. The van der Waals surface area contributed by atoms with E-state index in [0.29, 0.717) is 5.02 Å². The van der Waals surface area contributed by atoms with Crippen LogP contribution in [0, 0.1) is 0 Å². The molecule has 0 spiro atoms. The number of aromatic amines is 1. The van der Waals surface area contributed by atoms with E-state index >= 15 is 0 Å². The number of aryl methyl sites for hydroxylation is 2. The highest BCUT2D eigenvalue weighted by molar-refractivity contribution is 6.30. The maximum Gasteiger partial charge on any atom is 0.251 e. The van der Waals surface area contributed by atoms with Crippen molar-refractivity contribution in [2.45, 2.75) is 0 Å². The highest BCUT2D eigenvalue weighted by Crippen LogP contribution is 2.41. The number of fused-ring (bicyclic) bond motifs is 3. The summed E-state index contributed by atoms with van der Waals surface area (Å²) in [7, 11) is 3.80. The summed E-state index contributed by atoms with van der Waals surface area (Å²) < 4.78 is 3.76. The Balaban J connectivity index is 2.02. The molecule has 6 heteroatoms. The van der Waals surface area contributed by atoms with Crippen molar-refractivity contribution in [2.75, 3.05) is 0 Å². The van der Waals surface area contributed by atoms with E-state index in [2.05, 4.69) is 26.9 Å². The number of nitrogens with zero attached hydrogens (tertiary/aromatic N) is 3. The van der Waals surface area contributed by atoms with Crippen LogP contribution < -0.4 is 5.56 Å². The molecule has 5 rings (SSSR count). The normalized spacial score (nSPS) is 11.5. The SMILES string of the molecule is Cn1c(=O)ccc2c3c(-c4ccc(Cl)cc4)c(-c4cc[nH]n4)ccc3n(C)c21. The van der Waals surface area contributed by atoms with Crippen LogP contribution in [0.2, 0.25) is 5.02 Å². The van der Waals surface area contributed by atoms with Gasteiger partial charge in [-0.1, -0.05) is 29.8 Å². The topological polar surface area (TPSA) is 55.6 Å². The van der Waals surface area contributed by atoms with Gasteiger partial charge in [0.15, 0.2) is 0 Å². The number of aromatic nitrogens is 4. The lowest BCUT2D eigenvalue weighted by atomic mass is 9.93. The zero-order valence-corrected chi connectivity index (χ0v) is 16.2. The lowest BCUT2D eigenvalue weighted by Crippen LogP contribution is -2.16. The van der Waals surface area contributed by atoms with Gasteiger partial charge in [0, 0.05) is 53.3 Å². The third kappa shape index (κ3) is 2.33. The molecule has 5 aromatic rings. The highest BCUT2D eigenvalue weighted by Gasteiger charge is 2.20. The minimum Gasteiger partial charge on any atom is -0.330 e. The first-order chi connectivity index (χ1) is 13.6. The summed E-state index contributed by atoms with van der Waals surface area (Å²) >= 11 is 6.13. The Hall–Kier alpha value is -3.31. The monoisotopic (exact) mass is 388 g/mol. The number of rotatable bonds is 2. The summed E-state index contributed by atoms with van der Waals surface area (Å²) in [6.45, 7) is 0. The van der Waals surface area contributed by atoms with Gasteiger partial charge in [0.25, 0.3) is 5.56 Å². The second-order valence-electron chi connectivity index (χ2n) is 6.88. The van der Waals surface area contributed by atoms with Crippen molar-refractivity contribution in [2.24, 2.45) is 14.1 Å². The van der Waals surface area contributed by atoms with E-state index in [1.807, 2.05) is 49.6 Å². The zero-order chi connectivity index (χ0) is 19.4. The Kier molecular flexibility index (Phi) is 3.67. The second-order valence-corrected chi connectivity index (χ2v) is 7.31. The van der Waals surface area contributed by atoms with Gasteiger partial charge in [-0.2, -0.15) is 5.10 Å². The molecule has 0 radical (unpaired) electrons. The van der Waals surface area contributed by atoms with Crippen molar-refractivity contribution in [3.05, 3.63) is 76.2 Å². The molecule has 3 heterocycles. The van der Waals surface area contributed by atoms with Gasteiger partial charge in [-0.3, -0.25) is 14.5 Å². The summed E-state index contributed by atoms with van der Waals surface area (Å²) in [4.78, 5) is 12.2. The molecule has 0 bridgehead atoms. The number of nitrogens with one attached hydrogen (secondary N) is 1. The zero-order valence-electron chi connectivity index (χ0n) is 15.4. The number of benzene rings is 2. The standard InChI is InChI=1S/C22H17ClN4O/c1-26-18-9-7-15(17-11-12-24-25-17)20(13-3-5-14(23)6-4-13)21(18)16-8-10-19(28)27(2)22(16)26/h3-12H,1-2H3,(H,24,25). The predicted molar refractivity (Wildman–Crippen MR) is 114 cm³/mol. The first-order valence-electron chi connectivity index (χ1n) is 8.93. The quantitative estimate of drug-likeness (QED) is 0.475. The van der Waals surface area contributed by atoms with Gasteiger partial charge < -0.3 is 4.57 Å². The van der Waals surface area contributed by atoms with Crippen LogP contribution in [0.15, 0.2) is 65.6 Å². The van der Waals surface area contributed by atoms with Gasteiger partial charge in [0.2, 0.25) is 0 Å². The van der Waals surface area contributed by atoms with Gasteiger partial charge >= 0.3 is 0 Å². The summed E-state index contributed by atoms with van der Waals surface area (Å²) in [6.07, 6.45) is 1.82. The number of pyridine rings is 1. The summed E-state index contributed by atoms with van der Waals surface area (Å²) in [5.41, 5.74) is 5.93. The van der Waals surface area contributed by atoms with Crippen LogP contribution >= 0.6 is 11.6 Å². The second kappa shape index (κ2) is 6.11. The van der Waals surface area contributed by atoms with Crippen molar-refractivity contribution in [3.63, 3.8) is 0 Å². The van der Waals surface area contributed by atoms with Crippen molar-refractivity contribution in [1.82, 2.24) is 19.3 Å². The largest absolute Gasteiger partial charge is 0.330 e. The van der Waals surface area contributed by atoms with Gasteiger partial charge in [0.05, 0.1) is 11.2 Å². The molecule has 3 aromatic heterocycles. The van der Waals surface area contributed by atoms with E-state index in [9.17, 15) is 4.79 Å². The summed E-state index contributed by atoms with van der Waals surface area (Å²) in [5, 5.41) is 10.1. The van der Waals surface area contributed by atoms with Crippen LogP contribution in [-0.2, 0) is 14.1 Å². The van der Waals surface area contributed by atoms with Crippen molar-refractivity contribution in [3.8, 4) is 22.4 Å². The van der Waals surface area contributed by atoms with E-state index in [0.717, 1.165) is 44.3 Å². The lowest BCUT2D eigenvalue weighted by molar-refractivity contribution is 0.845. The fraction of sp³-hybridized carbons (Fsp3) is 0.0909. The van der Waals surface area contributed by atoms with Crippen LogP contribution in [-0.4, -0.2) is 19.3 Å². The number of halogens is 1. The third-order valence-electron chi connectivity index (χ3n) is 5.32. The number of hydrogen-bond acceptors (Lipinski definition) is 2. The molecule has 0 amide bonds. The Morgan fingerprint density at radius 2 is 1.71 bits per heavy atom. The summed E-state index contributed by atoms with van der Waals surface area (Å²) in [5.74, 6) is 0. The first kappa shape index (κ1) is 16.8. The van der Waals surface area contributed by atoms with E-state index in [1.54, 1.807) is 17.7 Å². The first-order valence-corrected chi connectivity index (χ1v) is 9.31. The van der Waals surface area contributed by atoms with Gasteiger partial charge in [-0.15, -0.1) is 0 Å². The molecule has 0 fully saturated rings. The third-order valence-corrected chi connectivity index (χ3v) is 5.58. The fourth-order valence-corrected chi connectivity index (χ4v) is 4.15. The van der Waals surface area contributed by atoms with Crippen LogP contribution in [0.4, 0.5) is 0 Å². The minimum absolute atomic E-state index is 0.0287. The highest BCUT2D eigenvalue weighted by atomic mass is 35.5. The molecule has 0 aliphatic rings. The van der Waals surface area contributed by atoms with E-state index in [1.165, 1.54) is 0 Å². The van der Waals surface area contributed by atoms with E-state index in [4.69, 9.17) is 11.6 Å². The molecule has 28 heavy (non-hydrogen) atoms. The van der Waals surface area contributed by atoms with Crippen LogP contribution in [0.3, 0.4) is 0 Å². The van der Waals surface area contributed by atoms with E-state index < -0.39 is 0 Å². The molecular formula is C22H17ClN4O. The molecule has 138 valence electrons. The number of H-pyrrole nitrogens is 1. The van der Waals surface area contributed by atoms with Crippen LogP contribution in [0.5, 0.6) is 0 Å². The van der Waals surface area contributed by atoms with Gasteiger partial charge in [-0.05, 0) is 35.9 Å². The number of hydrogen-bond donors (Lipinski definition) is 1. The van der Waals surface area contributed by atoms with E-state index in [-0.39, 0.29) is 5.56 Å². The minimum atomic E-state index is -0.0287. The average molecular weight is 389 g/mol. The molecule has 0 atom stereocenters. The fourth-order valence-electron chi connectivity index (χ4n) is 4.02. The average Bonchev–Trinajstić information content (AvgIpc) is 3.32. The van der Waals surface area contributed by atoms with Crippen LogP contribution in [0.1, 0.15) is 0 Å². The maximum absolute atomic E-state index is 12.2. The molecule has 2 aromatic carbocycles. The lowest BCUT2D eigenvalue weighted by Gasteiger charge is -2.11. The molecule has 0 aliphatic heterocycles. The Bertz CT molecular complexity index is 1390. The van der Waals surface area contributed by atoms with Gasteiger partial charge in [-0.25, -0.2) is 0 Å². The molecule has 1 N–H and O–H groups in total. The van der Waals surface area contributed by atoms with Crippen molar-refractivity contribution >= 4 is 33.5 Å². The predicted octanol–water partition coefficient (Wildman–Crippen LogP) is 4.74. The van der Waals surface area contributed by atoms with Crippen molar-refractivity contribution < 1.29 is 0 Å². The van der Waals surface area contributed by atoms with Gasteiger partial charge in [0.1, 0.15) is 5.65 Å². The maximum atomic E-state index is 12.2. The van der Waals surface area contributed by atoms with Crippen molar-refractivity contribution in [1.29, 1.82) is 0 Å². The Labute approximate surface area is 165 Å². The summed E-state index contributed by atoms with van der Waals surface area (Å²) in [6, 6.07) is 17.5. The molecule has 0 saturated carbocycles. The van der Waals surface area contributed by atoms with Crippen LogP contribution in [0.25, 0.3) is 44.3 Å². The molecule has 5 nitrogen and oxygen atoms in total. The smallest absolute Gasteiger partial charge is 0.251 e.